The maximum absolute atomic E-state index is 5.06. The predicted molar refractivity (Wildman–Crippen MR) is 25.2 cm³/mol. The van der Waals surface area contributed by atoms with Gasteiger partial charge in [-0.25, -0.2) is 0 Å². The zero-order chi connectivity index (χ0) is 4.83. The molecular weight excluding hydrogens is 167 g/mol. The van der Waals surface area contributed by atoms with Crippen molar-refractivity contribution in [2.24, 2.45) is 5.73 Å². The molecule has 0 aromatic carbocycles. The minimum Gasteiger partial charge on any atom is -0.412 e. The molecule has 0 fully saturated rings. The maximum atomic E-state index is 5.06. The second-order valence-electron chi connectivity index (χ2n) is 0.901. The van der Waals surface area contributed by atoms with Crippen molar-refractivity contribution in [3.63, 3.8) is 0 Å². The third-order valence-corrected chi connectivity index (χ3v) is 0.407. The van der Waals surface area contributed by atoms with E-state index < -0.39 is 0 Å². The van der Waals surface area contributed by atoms with Gasteiger partial charge in [0.05, 0.1) is 6.61 Å². The van der Waals surface area contributed by atoms with Crippen molar-refractivity contribution < 1.29 is 37.4 Å². The smallest absolute Gasteiger partial charge is 0.412 e. The Hall–Kier alpha value is 1.02. The van der Waals surface area contributed by atoms with Crippen LogP contribution in [0.2, 0.25) is 0 Å². The molecule has 2 N–H and O–H groups in total. The number of rotatable bonds is 3. The summed E-state index contributed by atoms with van der Waals surface area (Å²) < 4.78 is 4.75. The molecule has 0 heterocycles. The van der Waals surface area contributed by atoms with E-state index in [0.717, 1.165) is 0 Å². The van der Waals surface area contributed by atoms with E-state index in [1.165, 1.54) is 0 Å². The van der Waals surface area contributed by atoms with Crippen molar-refractivity contribution in [3.8, 4) is 0 Å². The van der Waals surface area contributed by atoms with E-state index in [-0.39, 0.29) is 32.7 Å². The van der Waals surface area contributed by atoms with Crippen LogP contribution in [-0.2, 0) is 37.4 Å². The van der Waals surface area contributed by atoms with E-state index in [0.29, 0.717) is 19.8 Å². The summed E-state index contributed by atoms with van der Waals surface area (Å²) in [5.74, 6) is 0. The Labute approximate surface area is 69.7 Å². The van der Waals surface area contributed by atoms with Crippen molar-refractivity contribution in [1.82, 2.24) is 0 Å². The molecule has 0 saturated carbocycles. The summed E-state index contributed by atoms with van der Waals surface area (Å²) in [7, 11) is 0. The Balaban J connectivity index is 0. The first kappa shape index (κ1) is 10.9. The molecule has 0 saturated heterocycles. The second-order valence-corrected chi connectivity index (χ2v) is 0.901. The van der Waals surface area contributed by atoms with Crippen LogP contribution in [0.4, 0.5) is 0 Å². The molecule has 0 rings (SSSR count). The Bertz CT molecular complexity index is 23.7. The van der Waals surface area contributed by atoms with Gasteiger partial charge in [-0.05, 0) is 0 Å². The van der Waals surface area contributed by atoms with Gasteiger partial charge in [0.25, 0.3) is 0 Å². The molecule has 0 aromatic heterocycles. The first-order chi connectivity index (χ1) is 2.91. The Morgan fingerprint density at radius 2 is 2.14 bits per heavy atom. The molecule has 0 unspecified atom stereocenters. The molecule has 0 spiro atoms. The number of hydrogen-bond acceptors (Lipinski definition) is 2. The second kappa shape index (κ2) is 10.1. The average molecular weight is 177 g/mol. The summed E-state index contributed by atoms with van der Waals surface area (Å²) in [6.07, 6.45) is 0. The molecule has 0 radical (unpaired) electrons. The van der Waals surface area contributed by atoms with Crippen LogP contribution >= 0.6 is 0 Å². The SMILES string of the molecule is [CH2-]COCCN.[Y+3]. The first-order valence-electron chi connectivity index (χ1n) is 1.99. The van der Waals surface area contributed by atoms with Gasteiger partial charge in [-0.3, -0.25) is 0 Å². The fourth-order valence-corrected chi connectivity index (χ4v) is 0.185. The number of nitrogens with two attached hydrogens (primary N) is 1. The molecule has 0 atom stereocenters. The first-order valence-corrected chi connectivity index (χ1v) is 1.99. The molecule has 0 aliphatic heterocycles. The van der Waals surface area contributed by atoms with Gasteiger partial charge in [0.15, 0.2) is 0 Å². The molecule has 0 aliphatic rings. The fourth-order valence-electron chi connectivity index (χ4n) is 0.185. The Morgan fingerprint density at radius 1 is 1.57 bits per heavy atom. The van der Waals surface area contributed by atoms with Crippen molar-refractivity contribution in [2.75, 3.05) is 19.8 Å². The van der Waals surface area contributed by atoms with Crippen LogP contribution in [0, 0.1) is 6.92 Å². The molecule has 0 aliphatic carbocycles. The third kappa shape index (κ3) is 10.9. The van der Waals surface area contributed by atoms with Crippen LogP contribution in [0.5, 0.6) is 0 Å². The quantitative estimate of drug-likeness (QED) is 0.478. The van der Waals surface area contributed by atoms with Crippen molar-refractivity contribution >= 4 is 0 Å². The summed E-state index contributed by atoms with van der Waals surface area (Å²) >= 11 is 0. The van der Waals surface area contributed by atoms with Gasteiger partial charge in [0.2, 0.25) is 0 Å². The maximum Gasteiger partial charge on any atom is 3.00 e. The zero-order valence-electron chi connectivity index (χ0n) is 4.39. The molecular formula is C4H10NOY+2. The van der Waals surface area contributed by atoms with Crippen LogP contribution in [0.3, 0.4) is 0 Å². The normalized spacial score (nSPS) is 7.71. The topological polar surface area (TPSA) is 35.2 Å². The summed E-state index contributed by atoms with van der Waals surface area (Å²) in [6, 6.07) is 0. The van der Waals surface area contributed by atoms with Gasteiger partial charge in [-0.2, -0.15) is 0 Å². The van der Waals surface area contributed by atoms with Crippen molar-refractivity contribution in [3.05, 3.63) is 6.92 Å². The van der Waals surface area contributed by atoms with Gasteiger partial charge in [0.1, 0.15) is 0 Å². The minimum atomic E-state index is 0. The van der Waals surface area contributed by atoms with E-state index >= 15 is 0 Å². The standard InChI is InChI=1S/C4H10NO.Y/c1-2-6-4-3-5;/h1-5H2;/q-1;+3. The molecule has 2 nitrogen and oxygen atoms in total. The predicted octanol–water partition coefficient (Wildman–Crippen LogP) is -0.207. The van der Waals surface area contributed by atoms with Crippen LogP contribution in [0.15, 0.2) is 0 Å². The summed E-state index contributed by atoms with van der Waals surface area (Å²) in [5, 5.41) is 0. The van der Waals surface area contributed by atoms with Gasteiger partial charge in [-0.1, -0.05) is 6.61 Å². The van der Waals surface area contributed by atoms with E-state index in [1.54, 1.807) is 0 Å². The number of hydrogen-bond donors (Lipinski definition) is 1. The van der Waals surface area contributed by atoms with Gasteiger partial charge < -0.3 is 17.4 Å². The third-order valence-electron chi connectivity index (χ3n) is 0.407. The largest absolute Gasteiger partial charge is 3.00 e. The number of ether oxygens (including phenoxy) is 1. The molecule has 0 amide bonds. The fraction of sp³-hybridized carbons (Fsp3) is 0.750. The van der Waals surface area contributed by atoms with E-state index in [9.17, 15) is 0 Å². The van der Waals surface area contributed by atoms with Crippen LogP contribution < -0.4 is 5.73 Å². The Kier molecular flexibility index (Phi) is 15.7. The molecule has 0 bridgehead atoms. The van der Waals surface area contributed by atoms with Crippen LogP contribution in [0.25, 0.3) is 0 Å². The van der Waals surface area contributed by atoms with E-state index in [1.807, 2.05) is 0 Å². The average Bonchev–Trinajstić information content (AvgIpc) is 1.61. The van der Waals surface area contributed by atoms with Crippen LogP contribution in [0.1, 0.15) is 0 Å². The van der Waals surface area contributed by atoms with Gasteiger partial charge in [-0.15, -0.1) is 0 Å². The van der Waals surface area contributed by atoms with Crippen molar-refractivity contribution in [1.29, 1.82) is 0 Å². The molecule has 7 heavy (non-hydrogen) atoms. The van der Waals surface area contributed by atoms with Crippen LogP contribution in [-0.4, -0.2) is 19.8 Å². The van der Waals surface area contributed by atoms with E-state index in [2.05, 4.69) is 6.92 Å². The molecule has 38 valence electrons. The molecule has 0 aromatic rings. The van der Waals surface area contributed by atoms with Gasteiger partial charge in [0, 0.05) is 6.54 Å². The Morgan fingerprint density at radius 3 is 2.29 bits per heavy atom. The van der Waals surface area contributed by atoms with E-state index in [4.69, 9.17) is 10.5 Å². The monoisotopic (exact) mass is 177 g/mol. The van der Waals surface area contributed by atoms with Crippen molar-refractivity contribution in [2.45, 2.75) is 0 Å². The summed E-state index contributed by atoms with van der Waals surface area (Å²) in [6.45, 7) is 5.19. The minimum absolute atomic E-state index is 0. The zero-order valence-corrected chi connectivity index (χ0v) is 7.23. The van der Waals surface area contributed by atoms with Gasteiger partial charge >= 0.3 is 32.7 Å². The summed E-state index contributed by atoms with van der Waals surface area (Å²) in [4.78, 5) is 0. The summed E-state index contributed by atoms with van der Waals surface area (Å²) in [5.41, 5.74) is 5.06. The molecule has 3 heteroatoms.